The summed E-state index contributed by atoms with van der Waals surface area (Å²) in [4.78, 5) is 12.1. The van der Waals surface area contributed by atoms with Crippen LogP contribution in [0.3, 0.4) is 0 Å². The molecular formula is C21H44NO2+. The first kappa shape index (κ1) is 23.4. The Morgan fingerprint density at radius 2 is 1.25 bits per heavy atom. The van der Waals surface area contributed by atoms with Crippen molar-refractivity contribution in [2.75, 3.05) is 34.3 Å². The van der Waals surface area contributed by atoms with Crippen molar-refractivity contribution in [1.29, 1.82) is 0 Å². The molecule has 0 saturated carbocycles. The summed E-state index contributed by atoms with van der Waals surface area (Å²) in [5.74, 6) is 0.0566. The maximum atomic E-state index is 12.1. The monoisotopic (exact) mass is 342 g/mol. The number of rotatable bonds is 16. The summed E-state index contributed by atoms with van der Waals surface area (Å²) >= 11 is 0. The summed E-state index contributed by atoms with van der Waals surface area (Å²) in [6.07, 6.45) is 15.8. The maximum absolute atomic E-state index is 12.1. The van der Waals surface area contributed by atoms with Gasteiger partial charge in [0.25, 0.3) is 0 Å². The molecule has 0 fully saturated rings. The van der Waals surface area contributed by atoms with E-state index in [-0.39, 0.29) is 11.9 Å². The molecule has 0 spiro atoms. The van der Waals surface area contributed by atoms with Crippen molar-refractivity contribution >= 4 is 5.97 Å². The lowest BCUT2D eigenvalue weighted by molar-refractivity contribution is -0.872. The Morgan fingerprint density at radius 3 is 1.67 bits per heavy atom. The highest BCUT2D eigenvalue weighted by atomic mass is 16.5. The average molecular weight is 343 g/mol. The zero-order chi connectivity index (χ0) is 18.3. The van der Waals surface area contributed by atoms with Crippen LogP contribution in [0.5, 0.6) is 0 Å². The van der Waals surface area contributed by atoms with Crippen molar-refractivity contribution in [3.63, 3.8) is 0 Å². The number of quaternary nitrogens is 1. The highest BCUT2D eigenvalue weighted by molar-refractivity contribution is 5.72. The molecule has 24 heavy (non-hydrogen) atoms. The third-order valence-corrected chi connectivity index (χ3v) is 4.54. The number of ether oxygens (including phenoxy) is 1. The fourth-order valence-corrected chi connectivity index (χ4v) is 3.26. The van der Waals surface area contributed by atoms with E-state index >= 15 is 0 Å². The van der Waals surface area contributed by atoms with Crippen LogP contribution in [0.15, 0.2) is 0 Å². The van der Waals surface area contributed by atoms with E-state index in [4.69, 9.17) is 4.74 Å². The van der Waals surface area contributed by atoms with Crippen LogP contribution in [0.4, 0.5) is 0 Å². The van der Waals surface area contributed by atoms with Crippen LogP contribution >= 0.6 is 0 Å². The third-order valence-electron chi connectivity index (χ3n) is 4.54. The first-order valence-corrected chi connectivity index (χ1v) is 10.4. The van der Waals surface area contributed by atoms with Gasteiger partial charge >= 0.3 is 5.97 Å². The first-order valence-electron chi connectivity index (χ1n) is 10.4. The molecule has 0 radical (unpaired) electrons. The molecular weight excluding hydrogens is 298 g/mol. The Kier molecular flexibility index (Phi) is 14.4. The molecule has 3 heteroatoms. The summed E-state index contributed by atoms with van der Waals surface area (Å²) in [6, 6.07) is 0. The Hall–Kier alpha value is -0.570. The van der Waals surface area contributed by atoms with Gasteiger partial charge in [-0.05, 0) is 13.3 Å². The number of carbonyl (C=O) groups excluding carboxylic acids is 1. The molecule has 3 nitrogen and oxygen atoms in total. The normalized spacial score (nSPS) is 13.0. The van der Waals surface area contributed by atoms with Gasteiger partial charge in [0.1, 0.15) is 5.92 Å². The fraction of sp³-hybridized carbons (Fsp3) is 0.952. The van der Waals surface area contributed by atoms with Crippen molar-refractivity contribution in [3.05, 3.63) is 0 Å². The van der Waals surface area contributed by atoms with E-state index in [1.807, 2.05) is 6.92 Å². The number of hydrogen-bond acceptors (Lipinski definition) is 2. The molecule has 0 saturated heterocycles. The van der Waals surface area contributed by atoms with Crippen molar-refractivity contribution in [2.24, 2.45) is 5.92 Å². The molecule has 0 aliphatic rings. The van der Waals surface area contributed by atoms with Gasteiger partial charge < -0.3 is 9.22 Å². The molecule has 144 valence electrons. The lowest BCUT2D eigenvalue weighted by Crippen LogP contribution is -2.42. The smallest absolute Gasteiger partial charge is 0.314 e. The van der Waals surface area contributed by atoms with Crippen LogP contribution in [0, 0.1) is 5.92 Å². The van der Waals surface area contributed by atoms with Crippen LogP contribution in [0.25, 0.3) is 0 Å². The summed E-state index contributed by atoms with van der Waals surface area (Å²) in [5, 5.41) is 0. The van der Waals surface area contributed by atoms with Gasteiger partial charge in [0.15, 0.2) is 0 Å². The third kappa shape index (κ3) is 15.0. The van der Waals surface area contributed by atoms with Crippen LogP contribution in [0.1, 0.15) is 90.9 Å². The molecule has 1 unspecified atom stereocenters. The fourth-order valence-electron chi connectivity index (χ4n) is 3.26. The van der Waals surface area contributed by atoms with E-state index in [0.717, 1.165) is 23.9 Å². The minimum atomic E-state index is -0.00220. The maximum Gasteiger partial charge on any atom is 0.314 e. The van der Waals surface area contributed by atoms with Gasteiger partial charge in [-0.25, -0.2) is 0 Å². The van der Waals surface area contributed by atoms with Crippen molar-refractivity contribution in [3.8, 4) is 0 Å². The van der Waals surface area contributed by atoms with Gasteiger partial charge in [0.05, 0.1) is 34.3 Å². The topological polar surface area (TPSA) is 26.3 Å². The second-order valence-corrected chi connectivity index (χ2v) is 8.25. The number of unbranched alkanes of at least 4 members (excludes halogenated alkanes) is 10. The van der Waals surface area contributed by atoms with Crippen molar-refractivity contribution in [1.82, 2.24) is 0 Å². The Balaban J connectivity index is 3.71. The second-order valence-electron chi connectivity index (χ2n) is 8.25. The molecule has 0 N–H and O–H groups in total. The van der Waals surface area contributed by atoms with Gasteiger partial charge in [-0.2, -0.15) is 0 Å². The van der Waals surface area contributed by atoms with Gasteiger partial charge in [0, 0.05) is 0 Å². The molecule has 0 heterocycles. The second kappa shape index (κ2) is 14.7. The molecule has 0 bridgehead atoms. The predicted molar refractivity (Wildman–Crippen MR) is 104 cm³/mol. The Labute approximate surface area is 151 Å². The average Bonchev–Trinajstić information content (AvgIpc) is 2.50. The van der Waals surface area contributed by atoms with Gasteiger partial charge in [-0.1, -0.05) is 77.6 Å². The van der Waals surface area contributed by atoms with Crippen LogP contribution in [0.2, 0.25) is 0 Å². The lowest BCUT2D eigenvalue weighted by atomic mass is 9.99. The summed E-state index contributed by atoms with van der Waals surface area (Å²) in [6.45, 7) is 5.53. The van der Waals surface area contributed by atoms with E-state index in [2.05, 4.69) is 28.1 Å². The lowest BCUT2D eigenvalue weighted by Gasteiger charge is -2.28. The van der Waals surface area contributed by atoms with Gasteiger partial charge in [0.2, 0.25) is 0 Å². The van der Waals surface area contributed by atoms with Crippen molar-refractivity contribution < 1.29 is 14.0 Å². The molecule has 0 aromatic rings. The Morgan fingerprint density at radius 1 is 0.792 bits per heavy atom. The largest absolute Gasteiger partial charge is 0.466 e. The van der Waals surface area contributed by atoms with E-state index in [9.17, 15) is 4.79 Å². The van der Waals surface area contributed by atoms with E-state index in [1.165, 1.54) is 64.2 Å². The van der Waals surface area contributed by atoms with Gasteiger partial charge in [-0.15, -0.1) is 0 Å². The quantitative estimate of drug-likeness (QED) is 0.208. The molecule has 0 aromatic heterocycles. The minimum absolute atomic E-state index is 0.00220. The summed E-state index contributed by atoms with van der Waals surface area (Å²) in [7, 11) is 6.44. The van der Waals surface area contributed by atoms with Crippen LogP contribution in [-0.2, 0) is 9.53 Å². The molecule has 0 aromatic carbocycles. The standard InChI is InChI=1S/C21H44NO2/c1-6-8-9-10-11-12-13-14-15-16-17-18-20(19-22(3,4)5)21(23)24-7-2/h20H,6-19H2,1-5H3/q+1. The number of carbonyl (C=O) groups is 1. The van der Waals surface area contributed by atoms with Crippen LogP contribution < -0.4 is 0 Å². The molecule has 0 amide bonds. The molecule has 0 aliphatic carbocycles. The Bertz CT molecular complexity index is 297. The zero-order valence-electron chi connectivity index (χ0n) is 17.2. The first-order chi connectivity index (χ1) is 11.4. The SMILES string of the molecule is CCCCCCCCCCCCCC(C[N+](C)(C)C)C(=O)OCC. The van der Waals surface area contributed by atoms with Gasteiger partial charge in [-0.3, -0.25) is 4.79 Å². The summed E-state index contributed by atoms with van der Waals surface area (Å²) < 4.78 is 6.07. The molecule has 0 aliphatic heterocycles. The molecule has 0 rings (SSSR count). The van der Waals surface area contributed by atoms with E-state index < -0.39 is 0 Å². The number of esters is 1. The van der Waals surface area contributed by atoms with Crippen LogP contribution in [-0.4, -0.2) is 44.7 Å². The van der Waals surface area contributed by atoms with E-state index in [1.54, 1.807) is 0 Å². The van der Waals surface area contributed by atoms with Crippen molar-refractivity contribution in [2.45, 2.75) is 90.9 Å². The zero-order valence-corrected chi connectivity index (χ0v) is 17.2. The number of nitrogens with zero attached hydrogens (tertiary/aromatic N) is 1. The molecule has 1 atom stereocenters. The minimum Gasteiger partial charge on any atom is -0.466 e. The van der Waals surface area contributed by atoms with E-state index in [0.29, 0.717) is 6.61 Å². The highest BCUT2D eigenvalue weighted by Crippen LogP contribution is 2.17. The number of hydrogen-bond donors (Lipinski definition) is 0. The predicted octanol–water partition coefficient (Wildman–Crippen LogP) is 5.57. The summed E-state index contributed by atoms with van der Waals surface area (Å²) in [5.41, 5.74) is 0. The highest BCUT2D eigenvalue weighted by Gasteiger charge is 2.25.